The van der Waals surface area contributed by atoms with Crippen LogP contribution in [0.3, 0.4) is 0 Å². The molecule has 122 valence electrons. The van der Waals surface area contributed by atoms with Crippen molar-refractivity contribution in [1.29, 1.82) is 0 Å². The molecule has 1 aromatic carbocycles. The van der Waals surface area contributed by atoms with Gasteiger partial charge >= 0.3 is 6.16 Å². The predicted molar refractivity (Wildman–Crippen MR) is 83.4 cm³/mol. The first-order valence-corrected chi connectivity index (χ1v) is 7.65. The minimum absolute atomic E-state index is 0.0686. The molecule has 1 aliphatic heterocycles. The van der Waals surface area contributed by atoms with Crippen LogP contribution in [0.5, 0.6) is 0 Å². The van der Waals surface area contributed by atoms with E-state index in [4.69, 9.17) is 9.57 Å². The van der Waals surface area contributed by atoms with Crippen LogP contribution in [-0.4, -0.2) is 41.1 Å². The summed E-state index contributed by atoms with van der Waals surface area (Å²) >= 11 is 0. The number of aliphatic hydroxyl groups excluding tert-OH is 1. The fourth-order valence-corrected chi connectivity index (χ4v) is 2.56. The summed E-state index contributed by atoms with van der Waals surface area (Å²) in [5.41, 5.74) is 1.73. The molecule has 0 radical (unpaired) electrons. The Labute approximate surface area is 131 Å². The maximum Gasteiger partial charge on any atom is 0.528 e. The zero-order valence-electron chi connectivity index (χ0n) is 13.7. The smallest absolute Gasteiger partial charge is 0.427 e. The number of carbonyl (C=O) groups excluding carboxylic acids is 1. The van der Waals surface area contributed by atoms with Gasteiger partial charge in [-0.25, -0.2) is 4.79 Å². The predicted octanol–water partition coefficient (Wildman–Crippen LogP) is 3.01. The van der Waals surface area contributed by atoms with Crippen LogP contribution in [0.1, 0.15) is 44.2 Å². The van der Waals surface area contributed by atoms with Crippen LogP contribution in [0.2, 0.25) is 0 Å². The first-order valence-electron chi connectivity index (χ1n) is 7.65. The lowest BCUT2D eigenvalue weighted by atomic mass is 9.87. The summed E-state index contributed by atoms with van der Waals surface area (Å²) in [5, 5.41) is 11.8. The van der Waals surface area contributed by atoms with Gasteiger partial charge in [0.2, 0.25) is 0 Å². The standard InChI is InChI=1S/C17H25NO4/c1-12-5-7-13(8-6-12)14-9-10-18(11-15(14)19)22-16(20)21-17(2,3)4/h5-8,14-15,19H,9-11H2,1-4H3. The molecule has 1 fully saturated rings. The maximum absolute atomic E-state index is 11.7. The molecule has 1 aromatic rings. The molecule has 2 atom stereocenters. The van der Waals surface area contributed by atoms with Crippen LogP contribution in [0, 0.1) is 6.92 Å². The first-order chi connectivity index (χ1) is 10.2. The second-order valence-electron chi connectivity index (χ2n) is 6.82. The number of nitrogens with zero attached hydrogens (tertiary/aromatic N) is 1. The van der Waals surface area contributed by atoms with Gasteiger partial charge in [-0.3, -0.25) is 0 Å². The van der Waals surface area contributed by atoms with Gasteiger partial charge in [0, 0.05) is 12.5 Å². The number of carbonyl (C=O) groups is 1. The Morgan fingerprint density at radius 2 is 1.91 bits per heavy atom. The lowest BCUT2D eigenvalue weighted by Crippen LogP contribution is -2.44. The van der Waals surface area contributed by atoms with Gasteiger partial charge in [-0.2, -0.15) is 0 Å². The summed E-state index contributed by atoms with van der Waals surface area (Å²) < 4.78 is 5.12. The highest BCUT2D eigenvalue weighted by atomic mass is 16.8. The second-order valence-corrected chi connectivity index (χ2v) is 6.82. The van der Waals surface area contributed by atoms with E-state index in [-0.39, 0.29) is 12.5 Å². The number of aryl methyl sites for hydroxylation is 1. The summed E-state index contributed by atoms with van der Waals surface area (Å²) in [5.74, 6) is 0.0686. The number of piperidine rings is 1. The van der Waals surface area contributed by atoms with Crippen molar-refractivity contribution in [3.63, 3.8) is 0 Å². The van der Waals surface area contributed by atoms with Crippen LogP contribution in [0.25, 0.3) is 0 Å². The Kier molecular flexibility index (Phi) is 5.08. The van der Waals surface area contributed by atoms with Gasteiger partial charge < -0.3 is 14.7 Å². The van der Waals surface area contributed by atoms with Crippen molar-refractivity contribution >= 4 is 6.16 Å². The minimum Gasteiger partial charge on any atom is -0.427 e. The van der Waals surface area contributed by atoms with Crippen molar-refractivity contribution in [2.75, 3.05) is 13.1 Å². The Morgan fingerprint density at radius 3 is 2.45 bits per heavy atom. The summed E-state index contributed by atoms with van der Waals surface area (Å²) in [6.45, 7) is 8.26. The number of hydrogen-bond acceptors (Lipinski definition) is 5. The molecule has 2 rings (SSSR count). The average Bonchev–Trinajstić information content (AvgIpc) is 2.38. The van der Waals surface area contributed by atoms with Crippen LogP contribution < -0.4 is 0 Å². The SMILES string of the molecule is Cc1ccc(C2CCN(OC(=O)OC(C)(C)C)CC2O)cc1. The van der Waals surface area contributed by atoms with Crippen LogP contribution in [-0.2, 0) is 9.57 Å². The zero-order chi connectivity index (χ0) is 16.3. The molecule has 1 heterocycles. The van der Waals surface area contributed by atoms with Crippen LogP contribution in [0.15, 0.2) is 24.3 Å². The molecule has 1 N–H and O–H groups in total. The third kappa shape index (κ3) is 4.71. The Balaban J connectivity index is 1.90. The highest BCUT2D eigenvalue weighted by Crippen LogP contribution is 2.29. The van der Waals surface area contributed by atoms with Gasteiger partial charge in [0.15, 0.2) is 0 Å². The van der Waals surface area contributed by atoms with Crippen molar-refractivity contribution < 1.29 is 19.5 Å². The van der Waals surface area contributed by atoms with Crippen LogP contribution >= 0.6 is 0 Å². The van der Waals surface area contributed by atoms with Crippen molar-refractivity contribution in [3.05, 3.63) is 35.4 Å². The number of benzene rings is 1. The van der Waals surface area contributed by atoms with E-state index in [9.17, 15) is 9.90 Å². The third-order valence-electron chi connectivity index (χ3n) is 3.64. The molecule has 1 aliphatic rings. The van der Waals surface area contributed by atoms with E-state index in [1.165, 1.54) is 10.6 Å². The highest BCUT2D eigenvalue weighted by Gasteiger charge is 2.31. The largest absolute Gasteiger partial charge is 0.528 e. The maximum atomic E-state index is 11.7. The summed E-state index contributed by atoms with van der Waals surface area (Å²) in [6, 6.07) is 8.19. The van der Waals surface area contributed by atoms with Crippen molar-refractivity contribution in [1.82, 2.24) is 5.06 Å². The van der Waals surface area contributed by atoms with E-state index in [2.05, 4.69) is 0 Å². The average molecular weight is 307 g/mol. The molecular weight excluding hydrogens is 282 g/mol. The fourth-order valence-electron chi connectivity index (χ4n) is 2.56. The number of rotatable bonds is 2. The number of hydrogen-bond donors (Lipinski definition) is 1. The van der Waals surface area contributed by atoms with Gasteiger partial charge in [-0.1, -0.05) is 29.8 Å². The third-order valence-corrected chi connectivity index (χ3v) is 3.64. The summed E-state index contributed by atoms with van der Waals surface area (Å²) in [6.07, 6.45) is -0.570. The number of ether oxygens (including phenoxy) is 1. The van der Waals surface area contributed by atoms with Gasteiger partial charge in [0.05, 0.1) is 12.6 Å². The van der Waals surface area contributed by atoms with Crippen LogP contribution in [0.4, 0.5) is 4.79 Å². The molecule has 0 amide bonds. The normalized spacial score (nSPS) is 23.1. The molecule has 0 aromatic heterocycles. The van der Waals surface area contributed by atoms with E-state index in [0.29, 0.717) is 6.54 Å². The molecule has 0 spiro atoms. The lowest BCUT2D eigenvalue weighted by Gasteiger charge is -2.34. The van der Waals surface area contributed by atoms with E-state index >= 15 is 0 Å². The monoisotopic (exact) mass is 307 g/mol. The number of β-amino-alcohol motifs (C(OH)–C–C–N with tert-alkyl or cyclic N) is 1. The van der Waals surface area contributed by atoms with E-state index in [0.717, 1.165) is 12.0 Å². The fraction of sp³-hybridized carbons (Fsp3) is 0.588. The first kappa shape index (κ1) is 16.8. The lowest BCUT2D eigenvalue weighted by molar-refractivity contribution is -0.170. The minimum atomic E-state index is -0.728. The van der Waals surface area contributed by atoms with Crippen molar-refractivity contribution in [3.8, 4) is 0 Å². The molecule has 5 nitrogen and oxygen atoms in total. The van der Waals surface area contributed by atoms with Gasteiger partial charge in [-0.15, -0.1) is 5.06 Å². The molecule has 22 heavy (non-hydrogen) atoms. The van der Waals surface area contributed by atoms with Crippen molar-refractivity contribution in [2.24, 2.45) is 0 Å². The zero-order valence-corrected chi connectivity index (χ0v) is 13.7. The molecule has 1 saturated heterocycles. The topological polar surface area (TPSA) is 59.0 Å². The molecule has 5 heteroatoms. The van der Waals surface area contributed by atoms with Gasteiger partial charge in [-0.05, 0) is 39.7 Å². The molecule has 2 unspecified atom stereocenters. The summed E-state index contributed by atoms with van der Waals surface area (Å²) in [4.78, 5) is 16.8. The Bertz CT molecular complexity index is 506. The highest BCUT2D eigenvalue weighted by molar-refractivity contribution is 5.60. The number of hydroxylamine groups is 2. The van der Waals surface area contributed by atoms with Gasteiger partial charge in [0.25, 0.3) is 0 Å². The van der Waals surface area contributed by atoms with Gasteiger partial charge in [0.1, 0.15) is 5.60 Å². The Hall–Kier alpha value is -1.59. The van der Waals surface area contributed by atoms with E-state index in [1.54, 1.807) is 20.8 Å². The second kappa shape index (κ2) is 6.67. The number of aliphatic hydroxyl groups is 1. The quantitative estimate of drug-likeness (QED) is 0.851. The summed E-state index contributed by atoms with van der Waals surface area (Å²) in [7, 11) is 0. The molecule has 0 saturated carbocycles. The molecular formula is C17H25NO4. The Morgan fingerprint density at radius 1 is 1.27 bits per heavy atom. The molecule has 0 aliphatic carbocycles. The van der Waals surface area contributed by atoms with E-state index < -0.39 is 17.9 Å². The van der Waals surface area contributed by atoms with Crippen molar-refractivity contribution in [2.45, 2.75) is 51.7 Å². The molecule has 0 bridgehead atoms. The van der Waals surface area contributed by atoms with E-state index in [1.807, 2.05) is 31.2 Å².